The minimum atomic E-state index is -0.454. The maximum absolute atomic E-state index is 14.2. The first-order valence-corrected chi connectivity index (χ1v) is 8.17. The third-order valence-electron chi connectivity index (χ3n) is 4.44. The van der Waals surface area contributed by atoms with E-state index in [1.165, 1.54) is 6.07 Å². The lowest BCUT2D eigenvalue weighted by Crippen LogP contribution is -2.27. The second-order valence-electron chi connectivity index (χ2n) is 5.88. The lowest BCUT2D eigenvalue weighted by atomic mass is 9.94. The van der Waals surface area contributed by atoms with Gasteiger partial charge in [0, 0.05) is 17.7 Å². The Morgan fingerprint density at radius 3 is 2.87 bits per heavy atom. The molecular weight excluding hydrogens is 315 g/mol. The van der Waals surface area contributed by atoms with E-state index < -0.39 is 5.82 Å². The zero-order valence-electron chi connectivity index (χ0n) is 12.5. The van der Waals surface area contributed by atoms with Crippen molar-refractivity contribution in [3.8, 4) is 0 Å². The average Bonchev–Trinajstić information content (AvgIpc) is 3.01. The molecule has 1 aromatic carbocycles. The van der Waals surface area contributed by atoms with Gasteiger partial charge >= 0.3 is 0 Å². The van der Waals surface area contributed by atoms with Crippen LogP contribution in [0.15, 0.2) is 29.4 Å². The Bertz CT molecular complexity index is 784. The molecule has 0 unspecified atom stereocenters. The third-order valence-corrected chi connectivity index (χ3v) is 4.73. The number of rotatable bonds is 2. The van der Waals surface area contributed by atoms with Crippen LogP contribution in [0.3, 0.4) is 0 Å². The summed E-state index contributed by atoms with van der Waals surface area (Å²) < 4.78 is 14.2. The van der Waals surface area contributed by atoms with Gasteiger partial charge in [-0.15, -0.1) is 0 Å². The number of hydrogen-bond donors (Lipinski definition) is 1. The van der Waals surface area contributed by atoms with Crippen molar-refractivity contribution in [3.63, 3.8) is 0 Å². The molecule has 2 aliphatic heterocycles. The summed E-state index contributed by atoms with van der Waals surface area (Å²) in [7, 11) is 0. The van der Waals surface area contributed by atoms with Crippen LogP contribution >= 0.6 is 11.6 Å². The molecule has 2 aromatic rings. The van der Waals surface area contributed by atoms with Gasteiger partial charge in [0.2, 0.25) is 0 Å². The maximum Gasteiger partial charge on any atom is 0.151 e. The van der Waals surface area contributed by atoms with Crippen molar-refractivity contribution in [2.75, 3.05) is 13.1 Å². The van der Waals surface area contributed by atoms with Gasteiger partial charge in [-0.05, 0) is 38.1 Å². The number of nitrogens with one attached hydrogen (secondary N) is 1. The van der Waals surface area contributed by atoms with Gasteiger partial charge in [0.15, 0.2) is 5.82 Å². The Kier molecular flexibility index (Phi) is 3.83. The number of aromatic nitrogens is 2. The van der Waals surface area contributed by atoms with Crippen molar-refractivity contribution < 1.29 is 4.39 Å². The molecular formula is C17H16ClFN4. The molecule has 0 saturated carbocycles. The Labute approximate surface area is 138 Å². The van der Waals surface area contributed by atoms with E-state index in [9.17, 15) is 4.39 Å². The minimum Gasteiger partial charge on any atom is -0.317 e. The smallest absolute Gasteiger partial charge is 0.151 e. The molecule has 3 heterocycles. The topological polar surface area (TPSA) is 50.2 Å². The van der Waals surface area contributed by atoms with E-state index >= 15 is 0 Å². The molecule has 2 aliphatic rings. The first-order chi connectivity index (χ1) is 11.2. The molecule has 6 heteroatoms. The number of halogens is 2. The van der Waals surface area contributed by atoms with E-state index in [-0.39, 0.29) is 5.02 Å². The minimum absolute atomic E-state index is 0.0953. The van der Waals surface area contributed by atoms with Gasteiger partial charge in [-0.1, -0.05) is 17.7 Å². The van der Waals surface area contributed by atoms with E-state index in [4.69, 9.17) is 16.6 Å². The Morgan fingerprint density at radius 1 is 1.22 bits per heavy atom. The average molecular weight is 331 g/mol. The van der Waals surface area contributed by atoms with E-state index in [1.54, 1.807) is 12.1 Å². The molecule has 1 aromatic heterocycles. The fraction of sp³-hybridized carbons (Fsp3) is 0.353. The van der Waals surface area contributed by atoms with Crippen LogP contribution in [-0.4, -0.2) is 28.8 Å². The summed E-state index contributed by atoms with van der Waals surface area (Å²) in [6, 6.07) is 4.93. The maximum atomic E-state index is 14.2. The van der Waals surface area contributed by atoms with Crippen LogP contribution < -0.4 is 5.32 Å². The Hall–Kier alpha value is -1.85. The molecule has 0 amide bonds. The van der Waals surface area contributed by atoms with Crippen LogP contribution in [0, 0.1) is 5.82 Å². The summed E-state index contributed by atoms with van der Waals surface area (Å²) in [5.41, 5.74) is 3.46. The van der Waals surface area contributed by atoms with Crippen molar-refractivity contribution in [2.45, 2.75) is 25.3 Å². The molecule has 0 radical (unpaired) electrons. The van der Waals surface area contributed by atoms with Crippen LogP contribution in [-0.2, 0) is 6.54 Å². The number of hydrogen-bond acceptors (Lipinski definition) is 4. The van der Waals surface area contributed by atoms with Crippen LogP contribution in [0.1, 0.15) is 41.4 Å². The number of aliphatic imine (C=N–C) groups is 1. The summed E-state index contributed by atoms with van der Waals surface area (Å²) in [4.78, 5) is 13.7. The van der Waals surface area contributed by atoms with Crippen molar-refractivity contribution in [1.82, 2.24) is 15.3 Å². The van der Waals surface area contributed by atoms with E-state index in [1.807, 2.05) is 6.20 Å². The van der Waals surface area contributed by atoms with Gasteiger partial charge < -0.3 is 5.32 Å². The number of nitrogens with zero attached hydrogens (tertiary/aromatic N) is 3. The lowest BCUT2D eigenvalue weighted by molar-refractivity contribution is 0.451. The molecule has 1 fully saturated rings. The summed E-state index contributed by atoms with van der Waals surface area (Å²) in [5, 5.41) is 3.45. The highest BCUT2D eigenvalue weighted by molar-refractivity contribution is 6.31. The van der Waals surface area contributed by atoms with Crippen molar-refractivity contribution in [3.05, 3.63) is 57.9 Å². The normalized spacial score (nSPS) is 17.9. The van der Waals surface area contributed by atoms with E-state index in [0.29, 0.717) is 29.4 Å². The van der Waals surface area contributed by atoms with Crippen LogP contribution in [0.25, 0.3) is 0 Å². The van der Waals surface area contributed by atoms with Crippen LogP contribution in [0.2, 0.25) is 5.02 Å². The number of fused-ring (bicyclic) bond motifs is 1. The fourth-order valence-corrected chi connectivity index (χ4v) is 3.37. The van der Waals surface area contributed by atoms with Crippen LogP contribution in [0.5, 0.6) is 0 Å². The SMILES string of the molecule is Fc1c(Cl)cccc1C1=NCc2nc(C3CCNCC3)cnc21. The molecule has 118 valence electrons. The molecule has 0 atom stereocenters. The number of piperidine rings is 1. The fourth-order valence-electron chi connectivity index (χ4n) is 3.19. The summed E-state index contributed by atoms with van der Waals surface area (Å²) in [6.07, 6.45) is 3.96. The highest BCUT2D eigenvalue weighted by Gasteiger charge is 2.25. The van der Waals surface area contributed by atoms with E-state index in [2.05, 4.69) is 15.3 Å². The zero-order valence-corrected chi connectivity index (χ0v) is 13.3. The molecule has 1 N–H and O–H groups in total. The zero-order chi connectivity index (χ0) is 15.8. The van der Waals surface area contributed by atoms with Gasteiger partial charge in [0.25, 0.3) is 0 Å². The van der Waals surface area contributed by atoms with Gasteiger partial charge in [0.1, 0.15) is 5.69 Å². The van der Waals surface area contributed by atoms with Gasteiger partial charge in [-0.3, -0.25) is 15.0 Å². The molecule has 4 nitrogen and oxygen atoms in total. The van der Waals surface area contributed by atoms with Gasteiger partial charge in [-0.25, -0.2) is 4.39 Å². The summed E-state index contributed by atoms with van der Waals surface area (Å²) >= 11 is 5.87. The molecule has 23 heavy (non-hydrogen) atoms. The van der Waals surface area contributed by atoms with Crippen molar-refractivity contribution in [2.24, 2.45) is 4.99 Å². The summed E-state index contributed by atoms with van der Waals surface area (Å²) in [5.74, 6) is -0.00833. The molecule has 4 rings (SSSR count). The van der Waals surface area contributed by atoms with Crippen molar-refractivity contribution in [1.29, 1.82) is 0 Å². The first kappa shape index (κ1) is 14.7. The lowest BCUT2D eigenvalue weighted by Gasteiger charge is -2.22. The number of benzene rings is 1. The first-order valence-electron chi connectivity index (χ1n) is 7.80. The highest BCUT2D eigenvalue weighted by Crippen LogP contribution is 2.28. The predicted octanol–water partition coefficient (Wildman–Crippen LogP) is 3.09. The van der Waals surface area contributed by atoms with Gasteiger partial charge in [-0.2, -0.15) is 0 Å². The summed E-state index contributed by atoms with van der Waals surface area (Å²) in [6.45, 7) is 2.47. The third kappa shape index (κ3) is 2.64. The molecule has 1 saturated heterocycles. The second kappa shape index (κ2) is 5.98. The van der Waals surface area contributed by atoms with Gasteiger partial charge in [0.05, 0.1) is 28.7 Å². The Balaban J connectivity index is 1.68. The largest absolute Gasteiger partial charge is 0.317 e. The monoisotopic (exact) mass is 330 g/mol. The Morgan fingerprint density at radius 2 is 2.04 bits per heavy atom. The molecule has 0 bridgehead atoms. The van der Waals surface area contributed by atoms with E-state index in [0.717, 1.165) is 37.3 Å². The standard InChI is InChI=1S/C17H16ClFN4/c18-12-3-1-2-11(15(12)19)16-17-14(9-21-16)23-13(8-22-17)10-4-6-20-7-5-10/h1-3,8,10,20H,4-7,9H2. The second-order valence-corrected chi connectivity index (χ2v) is 6.29. The quantitative estimate of drug-likeness (QED) is 0.920. The molecule has 0 aliphatic carbocycles. The predicted molar refractivity (Wildman–Crippen MR) is 87.6 cm³/mol. The van der Waals surface area contributed by atoms with Crippen molar-refractivity contribution >= 4 is 17.3 Å². The molecule has 0 spiro atoms. The van der Waals surface area contributed by atoms with Crippen LogP contribution in [0.4, 0.5) is 4.39 Å². The highest BCUT2D eigenvalue weighted by atomic mass is 35.5.